The molecule has 1 aromatic heterocycles. The molecule has 0 aliphatic heterocycles. The van der Waals surface area contributed by atoms with E-state index in [-0.39, 0.29) is 49.1 Å². The average Bonchev–Trinajstić information content (AvgIpc) is 2.61. The molecule has 0 bridgehead atoms. The molecule has 0 unspecified atom stereocenters. The predicted molar refractivity (Wildman–Crippen MR) is 119 cm³/mol. The lowest BCUT2D eigenvalue weighted by atomic mass is 10.1. The Morgan fingerprint density at radius 1 is 1.14 bits per heavy atom. The number of ether oxygens (including phenoxy) is 1. The highest BCUT2D eigenvalue weighted by molar-refractivity contribution is 5.95. The Hall–Kier alpha value is -2.35. The summed E-state index contributed by atoms with van der Waals surface area (Å²) in [5.41, 5.74) is 8.27. The van der Waals surface area contributed by atoms with E-state index < -0.39 is 6.04 Å². The van der Waals surface area contributed by atoms with Gasteiger partial charge in [0, 0.05) is 24.0 Å². The van der Waals surface area contributed by atoms with Crippen LogP contribution >= 0.6 is 24.8 Å². The quantitative estimate of drug-likeness (QED) is 0.609. The number of carbonyl (C=O) groups is 2. The van der Waals surface area contributed by atoms with Gasteiger partial charge in [-0.2, -0.15) is 0 Å². The minimum absolute atomic E-state index is 0. The number of anilines is 1. The second-order valence-electron chi connectivity index (χ2n) is 6.79. The van der Waals surface area contributed by atoms with Crippen LogP contribution in [-0.2, 0) is 9.59 Å². The van der Waals surface area contributed by atoms with Gasteiger partial charge in [0.2, 0.25) is 17.7 Å². The van der Waals surface area contributed by atoms with Crippen LogP contribution in [0.1, 0.15) is 25.0 Å². The zero-order valence-electron chi connectivity index (χ0n) is 16.9. The molecule has 0 aliphatic carbocycles. The molecule has 160 valence electrons. The SMILES string of the molecule is Cc1ccnc(Oc2cc(NC(=O)CNC(=O)[C@@H](N)C(C)C)ccc2C)c1.Cl.Cl. The number of nitrogens with two attached hydrogens (primary N) is 1. The van der Waals surface area contributed by atoms with Crippen molar-refractivity contribution in [2.24, 2.45) is 11.7 Å². The Morgan fingerprint density at radius 2 is 1.83 bits per heavy atom. The summed E-state index contributed by atoms with van der Waals surface area (Å²) in [6.45, 7) is 7.41. The van der Waals surface area contributed by atoms with Gasteiger partial charge in [0.05, 0.1) is 12.6 Å². The van der Waals surface area contributed by atoms with E-state index in [0.717, 1.165) is 11.1 Å². The molecule has 0 saturated carbocycles. The maximum Gasteiger partial charge on any atom is 0.243 e. The number of aromatic nitrogens is 1. The fraction of sp³-hybridized carbons (Fsp3) is 0.350. The fourth-order valence-electron chi connectivity index (χ4n) is 2.26. The van der Waals surface area contributed by atoms with Crippen LogP contribution in [0, 0.1) is 19.8 Å². The summed E-state index contributed by atoms with van der Waals surface area (Å²) >= 11 is 0. The lowest BCUT2D eigenvalue weighted by Gasteiger charge is -2.15. The number of halogens is 2. The van der Waals surface area contributed by atoms with Gasteiger partial charge in [-0.15, -0.1) is 24.8 Å². The molecule has 2 amide bonds. The van der Waals surface area contributed by atoms with E-state index in [1.807, 2.05) is 45.9 Å². The summed E-state index contributed by atoms with van der Waals surface area (Å²) in [6.07, 6.45) is 1.68. The van der Waals surface area contributed by atoms with Crippen LogP contribution in [0.4, 0.5) is 5.69 Å². The molecule has 9 heteroatoms. The van der Waals surface area contributed by atoms with Crippen molar-refractivity contribution in [1.29, 1.82) is 0 Å². The van der Waals surface area contributed by atoms with Gasteiger partial charge in [0.15, 0.2) is 0 Å². The highest BCUT2D eigenvalue weighted by Gasteiger charge is 2.17. The number of nitrogens with zero attached hydrogens (tertiary/aromatic N) is 1. The Labute approximate surface area is 183 Å². The van der Waals surface area contributed by atoms with E-state index >= 15 is 0 Å². The molecule has 1 aromatic carbocycles. The summed E-state index contributed by atoms with van der Waals surface area (Å²) in [7, 11) is 0. The van der Waals surface area contributed by atoms with Gasteiger partial charge in [-0.25, -0.2) is 4.98 Å². The van der Waals surface area contributed by atoms with Gasteiger partial charge in [-0.05, 0) is 43.0 Å². The third kappa shape index (κ3) is 8.27. The van der Waals surface area contributed by atoms with E-state index in [9.17, 15) is 9.59 Å². The van der Waals surface area contributed by atoms with Crippen molar-refractivity contribution >= 4 is 42.3 Å². The fourth-order valence-corrected chi connectivity index (χ4v) is 2.26. The van der Waals surface area contributed by atoms with Crippen LogP contribution in [0.25, 0.3) is 0 Å². The van der Waals surface area contributed by atoms with E-state index in [1.165, 1.54) is 0 Å². The van der Waals surface area contributed by atoms with Crippen LogP contribution in [0.5, 0.6) is 11.6 Å². The number of nitrogens with one attached hydrogen (secondary N) is 2. The molecule has 0 aliphatic rings. The number of pyridine rings is 1. The maximum absolute atomic E-state index is 12.1. The third-order valence-corrected chi connectivity index (χ3v) is 4.02. The molecule has 7 nitrogen and oxygen atoms in total. The monoisotopic (exact) mass is 442 g/mol. The number of amides is 2. The number of hydrogen-bond acceptors (Lipinski definition) is 5. The second kappa shape index (κ2) is 12.3. The first kappa shape index (κ1) is 26.6. The molecule has 0 fully saturated rings. The van der Waals surface area contributed by atoms with Gasteiger partial charge in [-0.1, -0.05) is 19.9 Å². The van der Waals surface area contributed by atoms with Crippen LogP contribution in [-0.4, -0.2) is 29.4 Å². The molecule has 0 radical (unpaired) electrons. The highest BCUT2D eigenvalue weighted by atomic mass is 35.5. The average molecular weight is 443 g/mol. The number of aryl methyl sites for hydroxylation is 2. The van der Waals surface area contributed by atoms with Crippen molar-refractivity contribution in [3.63, 3.8) is 0 Å². The Kier molecular flexibility index (Phi) is 11.3. The van der Waals surface area contributed by atoms with E-state index in [0.29, 0.717) is 17.3 Å². The van der Waals surface area contributed by atoms with Gasteiger partial charge < -0.3 is 21.1 Å². The molecule has 4 N–H and O–H groups in total. The lowest BCUT2D eigenvalue weighted by molar-refractivity contribution is -0.125. The van der Waals surface area contributed by atoms with Gasteiger partial charge in [0.25, 0.3) is 0 Å². The van der Waals surface area contributed by atoms with E-state index in [4.69, 9.17) is 10.5 Å². The van der Waals surface area contributed by atoms with Crippen LogP contribution in [0.2, 0.25) is 0 Å². The Bertz CT molecular complexity index is 831. The molecular weight excluding hydrogens is 415 g/mol. The topological polar surface area (TPSA) is 106 Å². The Balaban J connectivity index is 0.00000392. The van der Waals surface area contributed by atoms with Gasteiger partial charge >= 0.3 is 0 Å². The summed E-state index contributed by atoms with van der Waals surface area (Å²) < 4.78 is 5.82. The minimum atomic E-state index is -0.640. The number of rotatable bonds is 7. The number of benzene rings is 1. The van der Waals surface area contributed by atoms with Crippen molar-refractivity contribution < 1.29 is 14.3 Å². The Morgan fingerprint density at radius 3 is 2.45 bits per heavy atom. The van der Waals surface area contributed by atoms with Crippen molar-refractivity contribution in [2.45, 2.75) is 33.7 Å². The standard InChI is InChI=1S/C20H26N4O3.2ClH/c1-12(2)19(21)20(26)23-11-17(25)24-15-6-5-14(4)16(10-15)27-18-9-13(3)7-8-22-18;;/h5-10,12,19H,11,21H2,1-4H3,(H,23,26)(H,24,25);2*1H/t19-;;/m0../s1. The first-order chi connectivity index (χ1) is 12.8. The maximum atomic E-state index is 12.1. The van der Waals surface area contributed by atoms with Crippen LogP contribution < -0.4 is 21.1 Å². The van der Waals surface area contributed by atoms with E-state index in [2.05, 4.69) is 15.6 Å². The molecule has 0 saturated heterocycles. The summed E-state index contributed by atoms with van der Waals surface area (Å²) in [5.74, 6) is 0.384. The normalized spacial score (nSPS) is 11.0. The van der Waals surface area contributed by atoms with Crippen LogP contribution in [0.3, 0.4) is 0 Å². The molecule has 0 spiro atoms. The molecule has 2 aromatic rings. The summed E-state index contributed by atoms with van der Waals surface area (Å²) in [5, 5.41) is 5.27. The lowest BCUT2D eigenvalue weighted by Crippen LogP contribution is -2.46. The zero-order valence-corrected chi connectivity index (χ0v) is 18.5. The largest absolute Gasteiger partial charge is 0.439 e. The molecular formula is C20H28Cl2N4O3. The minimum Gasteiger partial charge on any atom is -0.439 e. The predicted octanol–water partition coefficient (Wildman–Crippen LogP) is 3.37. The first-order valence-corrected chi connectivity index (χ1v) is 8.80. The first-order valence-electron chi connectivity index (χ1n) is 8.80. The van der Waals surface area contributed by atoms with Gasteiger partial charge in [0.1, 0.15) is 5.75 Å². The smallest absolute Gasteiger partial charge is 0.243 e. The number of hydrogen-bond donors (Lipinski definition) is 3. The third-order valence-electron chi connectivity index (χ3n) is 4.02. The van der Waals surface area contributed by atoms with E-state index in [1.54, 1.807) is 18.3 Å². The highest BCUT2D eigenvalue weighted by Crippen LogP contribution is 2.27. The van der Waals surface area contributed by atoms with Crippen molar-refractivity contribution in [3.8, 4) is 11.6 Å². The summed E-state index contributed by atoms with van der Waals surface area (Å²) in [4.78, 5) is 28.1. The molecule has 29 heavy (non-hydrogen) atoms. The van der Waals surface area contributed by atoms with Crippen molar-refractivity contribution in [3.05, 3.63) is 47.7 Å². The number of carbonyl (C=O) groups excluding carboxylic acids is 2. The van der Waals surface area contributed by atoms with Crippen molar-refractivity contribution in [1.82, 2.24) is 10.3 Å². The zero-order chi connectivity index (χ0) is 20.0. The summed E-state index contributed by atoms with van der Waals surface area (Å²) in [6, 6.07) is 8.41. The molecule has 2 rings (SSSR count). The van der Waals surface area contributed by atoms with Crippen LogP contribution in [0.15, 0.2) is 36.5 Å². The van der Waals surface area contributed by atoms with Gasteiger partial charge in [-0.3, -0.25) is 9.59 Å². The second-order valence-corrected chi connectivity index (χ2v) is 6.79. The van der Waals surface area contributed by atoms with Crippen molar-refractivity contribution in [2.75, 3.05) is 11.9 Å². The molecule has 1 heterocycles. The molecule has 1 atom stereocenters.